The average Bonchev–Trinajstić information content (AvgIpc) is 3.30. The number of carboxylic acids is 1. The SMILES string of the molecule is Cc1ccc(S(=O)(=O)N2CCC[C@H]2C(=O)O)c(O[C@H]2CCC[C@@H](CNC3CCC(F)(F)CC3)C2)c1. The third kappa shape index (κ3) is 6.32. The fourth-order valence-electron chi connectivity index (χ4n) is 5.61. The Labute approximate surface area is 206 Å². The summed E-state index contributed by atoms with van der Waals surface area (Å²) >= 11 is 0. The first-order chi connectivity index (χ1) is 16.5. The van der Waals surface area contributed by atoms with Crippen LogP contribution < -0.4 is 10.1 Å². The lowest BCUT2D eigenvalue weighted by Gasteiger charge is -2.33. The molecule has 0 spiro atoms. The molecule has 3 fully saturated rings. The maximum atomic E-state index is 13.4. The van der Waals surface area contributed by atoms with Gasteiger partial charge >= 0.3 is 5.97 Å². The van der Waals surface area contributed by atoms with Gasteiger partial charge in [-0.05, 0) is 88.4 Å². The number of benzene rings is 1. The number of carboxylic acid groups (broad SMARTS) is 1. The number of rotatable bonds is 8. The van der Waals surface area contributed by atoms with E-state index in [-0.39, 0.29) is 42.2 Å². The van der Waals surface area contributed by atoms with Crippen molar-refractivity contribution in [1.82, 2.24) is 9.62 Å². The second-order valence-electron chi connectivity index (χ2n) is 10.4. The molecule has 7 nitrogen and oxygen atoms in total. The zero-order valence-corrected chi connectivity index (χ0v) is 21.0. The van der Waals surface area contributed by atoms with E-state index in [2.05, 4.69) is 5.32 Å². The van der Waals surface area contributed by atoms with Gasteiger partial charge in [0.15, 0.2) is 0 Å². The topological polar surface area (TPSA) is 95.9 Å². The van der Waals surface area contributed by atoms with Gasteiger partial charge in [-0.25, -0.2) is 17.2 Å². The Morgan fingerprint density at radius 3 is 2.63 bits per heavy atom. The van der Waals surface area contributed by atoms with E-state index in [9.17, 15) is 27.1 Å². The van der Waals surface area contributed by atoms with E-state index in [1.54, 1.807) is 12.1 Å². The highest BCUT2D eigenvalue weighted by atomic mass is 32.2. The first-order valence-corrected chi connectivity index (χ1v) is 14.1. The molecule has 3 atom stereocenters. The second kappa shape index (κ2) is 10.7. The monoisotopic (exact) mass is 514 g/mol. The van der Waals surface area contributed by atoms with Crippen LogP contribution >= 0.6 is 0 Å². The summed E-state index contributed by atoms with van der Waals surface area (Å²) in [7, 11) is -4.02. The number of ether oxygens (including phenoxy) is 1. The summed E-state index contributed by atoms with van der Waals surface area (Å²) in [6.07, 6.45) is 5.01. The molecule has 1 heterocycles. The van der Waals surface area contributed by atoms with Crippen molar-refractivity contribution >= 4 is 16.0 Å². The van der Waals surface area contributed by atoms with Gasteiger partial charge in [-0.1, -0.05) is 6.07 Å². The normalized spacial score (nSPS) is 28.1. The van der Waals surface area contributed by atoms with Crippen LogP contribution in [0.2, 0.25) is 0 Å². The number of carbonyl (C=O) groups is 1. The minimum atomic E-state index is -4.02. The molecule has 1 saturated heterocycles. The van der Waals surface area contributed by atoms with E-state index in [0.29, 0.717) is 31.6 Å². The Morgan fingerprint density at radius 1 is 1.17 bits per heavy atom. The predicted molar refractivity (Wildman–Crippen MR) is 127 cm³/mol. The Kier molecular flexibility index (Phi) is 8.02. The van der Waals surface area contributed by atoms with E-state index >= 15 is 0 Å². The number of hydrogen-bond acceptors (Lipinski definition) is 5. The van der Waals surface area contributed by atoms with E-state index in [1.807, 2.05) is 6.92 Å². The maximum Gasteiger partial charge on any atom is 0.322 e. The molecule has 2 aliphatic carbocycles. The lowest BCUT2D eigenvalue weighted by molar-refractivity contribution is -0.140. The van der Waals surface area contributed by atoms with Crippen molar-refractivity contribution in [2.75, 3.05) is 13.1 Å². The van der Waals surface area contributed by atoms with Crippen LogP contribution in [0.3, 0.4) is 0 Å². The van der Waals surface area contributed by atoms with Crippen molar-refractivity contribution in [3.05, 3.63) is 23.8 Å². The van der Waals surface area contributed by atoms with Crippen molar-refractivity contribution in [3.63, 3.8) is 0 Å². The molecule has 0 aromatic heterocycles. The van der Waals surface area contributed by atoms with Crippen LogP contribution in [0, 0.1) is 12.8 Å². The summed E-state index contributed by atoms with van der Waals surface area (Å²) in [5, 5.41) is 13.0. The van der Waals surface area contributed by atoms with E-state index < -0.39 is 28.0 Å². The number of sulfonamides is 1. The van der Waals surface area contributed by atoms with Crippen LogP contribution in [0.15, 0.2) is 23.1 Å². The number of aliphatic carboxylic acids is 1. The van der Waals surface area contributed by atoms with E-state index in [0.717, 1.165) is 42.1 Å². The van der Waals surface area contributed by atoms with Gasteiger partial charge in [-0.15, -0.1) is 0 Å². The van der Waals surface area contributed by atoms with Gasteiger partial charge in [0, 0.05) is 25.4 Å². The number of nitrogens with one attached hydrogen (secondary N) is 1. The van der Waals surface area contributed by atoms with Crippen molar-refractivity contribution in [2.24, 2.45) is 5.92 Å². The highest BCUT2D eigenvalue weighted by Crippen LogP contribution is 2.36. The number of aryl methyl sites for hydroxylation is 1. The fourth-order valence-corrected chi connectivity index (χ4v) is 7.37. The summed E-state index contributed by atoms with van der Waals surface area (Å²) < 4.78 is 61.0. The number of halogens is 2. The van der Waals surface area contributed by atoms with Gasteiger partial charge in [0.25, 0.3) is 0 Å². The lowest BCUT2D eigenvalue weighted by Crippen LogP contribution is -2.41. The Balaban J connectivity index is 1.41. The maximum absolute atomic E-state index is 13.4. The molecule has 2 saturated carbocycles. The Bertz CT molecular complexity index is 1010. The molecule has 196 valence electrons. The quantitative estimate of drug-likeness (QED) is 0.536. The van der Waals surface area contributed by atoms with E-state index in [4.69, 9.17) is 4.74 Å². The Morgan fingerprint density at radius 2 is 1.91 bits per heavy atom. The van der Waals surface area contributed by atoms with Crippen LogP contribution in [0.5, 0.6) is 5.75 Å². The van der Waals surface area contributed by atoms with Crippen LogP contribution in [0.25, 0.3) is 0 Å². The molecule has 0 radical (unpaired) electrons. The molecule has 1 aliphatic heterocycles. The van der Waals surface area contributed by atoms with Gasteiger partial charge in [-0.3, -0.25) is 4.79 Å². The summed E-state index contributed by atoms with van der Waals surface area (Å²) in [4.78, 5) is 11.6. The molecular weight excluding hydrogens is 478 g/mol. The molecule has 1 aromatic carbocycles. The largest absolute Gasteiger partial charge is 0.489 e. The van der Waals surface area contributed by atoms with Gasteiger partial charge in [-0.2, -0.15) is 4.31 Å². The first-order valence-electron chi connectivity index (χ1n) is 12.7. The average molecular weight is 515 g/mol. The third-order valence-corrected chi connectivity index (χ3v) is 9.56. The minimum absolute atomic E-state index is 0.0135. The van der Waals surface area contributed by atoms with Gasteiger partial charge in [0.2, 0.25) is 15.9 Å². The van der Waals surface area contributed by atoms with Gasteiger partial charge in [0.05, 0.1) is 6.10 Å². The molecule has 35 heavy (non-hydrogen) atoms. The zero-order valence-electron chi connectivity index (χ0n) is 20.2. The highest BCUT2D eigenvalue weighted by Gasteiger charge is 2.41. The van der Waals surface area contributed by atoms with Crippen molar-refractivity contribution < 1.29 is 31.8 Å². The Hall–Kier alpha value is -1.78. The van der Waals surface area contributed by atoms with Crippen LogP contribution in [0.1, 0.15) is 69.8 Å². The highest BCUT2D eigenvalue weighted by molar-refractivity contribution is 7.89. The van der Waals surface area contributed by atoms with Crippen molar-refractivity contribution in [3.8, 4) is 5.75 Å². The third-order valence-electron chi connectivity index (χ3n) is 7.62. The summed E-state index contributed by atoms with van der Waals surface area (Å²) in [5.41, 5.74) is 0.860. The molecule has 4 rings (SSSR count). The summed E-state index contributed by atoms with van der Waals surface area (Å²) in [5.74, 6) is -3.07. The number of nitrogens with zero attached hydrogens (tertiary/aromatic N) is 1. The standard InChI is InChI=1S/C25H36F2N2O5S/c1-17-7-8-23(35(32,33)29-13-3-6-21(29)24(30)31)22(14-17)34-20-5-2-4-18(15-20)16-28-19-9-11-25(26,27)12-10-19/h7-8,14,18-21,28H,2-6,9-13,15-16H2,1H3,(H,30,31)/t18-,20+,21+/m1/s1. The fraction of sp³-hybridized carbons (Fsp3) is 0.720. The summed E-state index contributed by atoms with van der Waals surface area (Å²) in [6, 6.07) is 3.99. The number of hydrogen-bond donors (Lipinski definition) is 2. The van der Waals surface area contributed by atoms with Gasteiger partial charge < -0.3 is 15.2 Å². The lowest BCUT2D eigenvalue weighted by atomic mass is 9.86. The number of alkyl halides is 2. The van der Waals surface area contributed by atoms with Crippen LogP contribution in [0.4, 0.5) is 8.78 Å². The van der Waals surface area contributed by atoms with Crippen molar-refractivity contribution in [2.45, 2.75) is 100 Å². The first kappa shape index (κ1) is 26.3. The van der Waals surface area contributed by atoms with Gasteiger partial charge in [0.1, 0.15) is 16.7 Å². The molecular formula is C25H36F2N2O5S. The van der Waals surface area contributed by atoms with E-state index in [1.165, 1.54) is 6.07 Å². The molecule has 1 aromatic rings. The summed E-state index contributed by atoms with van der Waals surface area (Å²) in [6.45, 7) is 2.78. The van der Waals surface area contributed by atoms with Crippen LogP contribution in [-0.2, 0) is 14.8 Å². The van der Waals surface area contributed by atoms with Crippen molar-refractivity contribution in [1.29, 1.82) is 0 Å². The second-order valence-corrected chi connectivity index (χ2v) is 12.2. The molecule has 10 heteroatoms. The predicted octanol–water partition coefficient (Wildman–Crippen LogP) is 4.34. The minimum Gasteiger partial charge on any atom is -0.489 e. The molecule has 0 amide bonds. The molecule has 0 bridgehead atoms. The molecule has 0 unspecified atom stereocenters. The zero-order chi connectivity index (χ0) is 25.2. The molecule has 2 N–H and O–H groups in total. The molecule has 3 aliphatic rings. The smallest absolute Gasteiger partial charge is 0.322 e. The van der Waals surface area contributed by atoms with Crippen LogP contribution in [-0.4, -0.2) is 61.0 Å².